The van der Waals surface area contributed by atoms with Crippen molar-refractivity contribution in [2.24, 2.45) is 7.05 Å². The monoisotopic (exact) mass is 576 g/mol. The molecule has 0 spiro atoms. The van der Waals surface area contributed by atoms with Crippen LogP contribution in [0.5, 0.6) is 0 Å². The molecule has 3 aromatic rings. The first-order valence-electron chi connectivity index (χ1n) is 12.1. The largest absolute Gasteiger partial charge is 0.445 e. The molecule has 1 aromatic heterocycles. The normalized spacial score (nSPS) is 11.8. The summed E-state index contributed by atoms with van der Waals surface area (Å²) in [4.78, 5) is 38.4. The molecule has 0 aliphatic carbocycles. The van der Waals surface area contributed by atoms with E-state index in [2.05, 4.69) is 5.32 Å². The molecule has 3 rings (SSSR count). The molecule has 2 aromatic carbocycles. The van der Waals surface area contributed by atoms with Gasteiger partial charge in [0.15, 0.2) is 15.6 Å². The molecule has 1 amide bonds. The highest BCUT2D eigenvalue weighted by Gasteiger charge is 2.23. The van der Waals surface area contributed by atoms with Crippen LogP contribution in [-0.4, -0.2) is 36.2 Å². The SMILES string of the molecule is CCS(=O)(=O)Cc1ccc(C(=O)c2ccc(Cl)cc2F)c(-c2cn(C)c(=O)cc2COC(=O)NC(C)(C)C)c1. The van der Waals surface area contributed by atoms with Gasteiger partial charge in [0.25, 0.3) is 5.56 Å². The Labute approximate surface area is 231 Å². The zero-order valence-corrected chi connectivity index (χ0v) is 23.9. The zero-order chi connectivity index (χ0) is 29.1. The summed E-state index contributed by atoms with van der Waals surface area (Å²) in [6.45, 7) is 6.56. The minimum Gasteiger partial charge on any atom is -0.445 e. The van der Waals surface area contributed by atoms with Crippen LogP contribution in [0.25, 0.3) is 11.1 Å². The number of aromatic nitrogens is 1. The minimum atomic E-state index is -3.42. The number of ether oxygens (including phenoxy) is 1. The van der Waals surface area contributed by atoms with Crippen LogP contribution < -0.4 is 10.9 Å². The van der Waals surface area contributed by atoms with Gasteiger partial charge in [-0.25, -0.2) is 17.6 Å². The number of carbonyl (C=O) groups excluding carboxylic acids is 2. The van der Waals surface area contributed by atoms with Gasteiger partial charge >= 0.3 is 6.09 Å². The van der Waals surface area contributed by atoms with Crippen molar-refractivity contribution < 1.29 is 27.1 Å². The maximum absolute atomic E-state index is 14.7. The van der Waals surface area contributed by atoms with Gasteiger partial charge in [-0.05, 0) is 56.2 Å². The van der Waals surface area contributed by atoms with Gasteiger partial charge in [0.1, 0.15) is 12.4 Å². The average Bonchev–Trinajstić information content (AvgIpc) is 2.83. The highest BCUT2D eigenvalue weighted by atomic mass is 35.5. The molecular weight excluding hydrogens is 547 g/mol. The first-order chi connectivity index (χ1) is 18.1. The van der Waals surface area contributed by atoms with Crippen molar-refractivity contribution in [1.82, 2.24) is 9.88 Å². The number of hydrogen-bond acceptors (Lipinski definition) is 6. The van der Waals surface area contributed by atoms with Gasteiger partial charge in [-0.2, -0.15) is 0 Å². The van der Waals surface area contributed by atoms with E-state index in [1.54, 1.807) is 20.8 Å². The van der Waals surface area contributed by atoms with E-state index < -0.39 is 38.6 Å². The topological polar surface area (TPSA) is 112 Å². The molecule has 0 saturated heterocycles. The zero-order valence-electron chi connectivity index (χ0n) is 22.3. The van der Waals surface area contributed by atoms with Gasteiger partial charge in [-0.15, -0.1) is 0 Å². The first kappa shape index (κ1) is 30.0. The molecule has 0 fully saturated rings. The lowest BCUT2D eigenvalue weighted by molar-refractivity contribution is 0.103. The summed E-state index contributed by atoms with van der Waals surface area (Å²) in [7, 11) is -1.92. The number of carbonyl (C=O) groups is 2. The number of alkyl carbamates (subject to hydrolysis) is 1. The predicted molar refractivity (Wildman–Crippen MR) is 148 cm³/mol. The van der Waals surface area contributed by atoms with Crippen molar-refractivity contribution in [2.75, 3.05) is 5.75 Å². The summed E-state index contributed by atoms with van der Waals surface area (Å²) in [5.41, 5.74) is 0.144. The van der Waals surface area contributed by atoms with Gasteiger partial charge in [-0.3, -0.25) is 9.59 Å². The van der Waals surface area contributed by atoms with E-state index in [4.69, 9.17) is 16.3 Å². The van der Waals surface area contributed by atoms with Crippen LogP contribution in [0.1, 0.15) is 54.7 Å². The Morgan fingerprint density at radius 1 is 1.05 bits per heavy atom. The molecule has 0 bridgehead atoms. The molecule has 0 atom stereocenters. The predicted octanol–water partition coefficient (Wildman–Crippen LogP) is 5.04. The fourth-order valence-corrected chi connectivity index (χ4v) is 4.84. The molecule has 39 heavy (non-hydrogen) atoms. The lowest BCUT2D eigenvalue weighted by Crippen LogP contribution is -2.40. The number of amides is 1. The second-order valence-electron chi connectivity index (χ2n) is 10.1. The number of pyridine rings is 1. The van der Waals surface area contributed by atoms with Gasteiger partial charge < -0.3 is 14.6 Å². The molecule has 208 valence electrons. The van der Waals surface area contributed by atoms with E-state index in [0.29, 0.717) is 11.1 Å². The van der Waals surface area contributed by atoms with Gasteiger partial charge in [0.05, 0.1) is 11.3 Å². The fraction of sp³-hybridized carbons (Fsp3) is 0.321. The van der Waals surface area contributed by atoms with Gasteiger partial charge in [-0.1, -0.05) is 30.7 Å². The van der Waals surface area contributed by atoms with E-state index in [1.807, 2.05) is 0 Å². The maximum Gasteiger partial charge on any atom is 0.407 e. The molecular formula is C28H30ClFN2O6S. The Morgan fingerprint density at radius 3 is 2.33 bits per heavy atom. The van der Waals surface area contributed by atoms with Crippen molar-refractivity contribution >= 4 is 33.3 Å². The van der Waals surface area contributed by atoms with Crippen LogP contribution >= 0.6 is 11.6 Å². The number of nitrogens with one attached hydrogen (secondary N) is 1. The second-order valence-corrected chi connectivity index (χ2v) is 12.9. The maximum atomic E-state index is 14.7. The summed E-state index contributed by atoms with van der Waals surface area (Å²) in [6, 6.07) is 9.38. The fourth-order valence-electron chi connectivity index (χ4n) is 3.79. The Hall–Kier alpha value is -3.50. The van der Waals surface area contributed by atoms with Crippen LogP contribution in [0, 0.1) is 5.82 Å². The Kier molecular flexibility index (Phi) is 9.02. The quantitative estimate of drug-likeness (QED) is 0.376. The highest BCUT2D eigenvalue weighted by molar-refractivity contribution is 7.90. The van der Waals surface area contributed by atoms with Crippen LogP contribution in [-0.2, 0) is 34.0 Å². The third kappa shape index (κ3) is 7.77. The van der Waals surface area contributed by atoms with Crippen LogP contribution in [0.2, 0.25) is 5.02 Å². The molecule has 0 aliphatic heterocycles. The molecule has 0 unspecified atom stereocenters. The van der Waals surface area contributed by atoms with Crippen LogP contribution in [0.4, 0.5) is 9.18 Å². The van der Waals surface area contributed by atoms with Gasteiger partial charge in [0.2, 0.25) is 0 Å². The van der Waals surface area contributed by atoms with Crippen molar-refractivity contribution in [2.45, 2.75) is 45.6 Å². The third-order valence-corrected chi connectivity index (χ3v) is 7.66. The Bertz CT molecular complexity index is 1590. The number of ketones is 1. The molecule has 1 N–H and O–H groups in total. The standard InChI is InChI=1S/C28H30ClFN2O6S/c1-6-39(36,37)16-17-7-9-20(26(34)21-10-8-19(29)13-24(21)30)22(11-17)23-14-32(5)25(33)12-18(23)15-38-27(35)31-28(2,3)4/h7-14H,6,15-16H2,1-5H3,(H,31,35). The van der Waals surface area contributed by atoms with Crippen LogP contribution in [0.15, 0.2) is 53.5 Å². The van der Waals surface area contributed by atoms with E-state index in [-0.39, 0.29) is 45.4 Å². The molecule has 8 nitrogen and oxygen atoms in total. The molecule has 0 saturated carbocycles. The number of halogens is 2. The number of nitrogens with zero attached hydrogens (tertiary/aromatic N) is 1. The number of hydrogen-bond donors (Lipinski definition) is 1. The number of aryl methyl sites for hydroxylation is 1. The molecule has 1 heterocycles. The molecule has 0 aliphatic rings. The van der Waals surface area contributed by atoms with Crippen molar-refractivity contribution in [3.63, 3.8) is 0 Å². The highest BCUT2D eigenvalue weighted by Crippen LogP contribution is 2.31. The number of sulfone groups is 1. The van der Waals surface area contributed by atoms with E-state index in [1.165, 1.54) is 61.1 Å². The lowest BCUT2D eigenvalue weighted by Gasteiger charge is -2.21. The summed E-state index contributed by atoms with van der Waals surface area (Å²) in [5.74, 6) is -1.86. The van der Waals surface area contributed by atoms with Crippen molar-refractivity contribution in [1.29, 1.82) is 0 Å². The summed E-state index contributed by atoms with van der Waals surface area (Å²) >= 11 is 5.86. The number of benzene rings is 2. The smallest absolute Gasteiger partial charge is 0.407 e. The van der Waals surface area contributed by atoms with Crippen molar-refractivity contribution in [3.05, 3.63) is 92.1 Å². The summed E-state index contributed by atoms with van der Waals surface area (Å²) < 4.78 is 46.0. The van der Waals surface area contributed by atoms with Crippen molar-refractivity contribution in [3.8, 4) is 11.1 Å². The first-order valence-corrected chi connectivity index (χ1v) is 14.3. The van der Waals surface area contributed by atoms with Gasteiger partial charge in [0, 0.05) is 52.3 Å². The molecule has 11 heteroatoms. The average molecular weight is 577 g/mol. The Balaban J connectivity index is 2.20. The Morgan fingerprint density at radius 2 is 1.72 bits per heavy atom. The second kappa shape index (κ2) is 11.7. The van der Waals surface area contributed by atoms with E-state index in [9.17, 15) is 27.2 Å². The molecule has 0 radical (unpaired) electrons. The van der Waals surface area contributed by atoms with E-state index >= 15 is 0 Å². The minimum absolute atomic E-state index is 0.0629. The number of rotatable bonds is 8. The third-order valence-electron chi connectivity index (χ3n) is 5.77. The lowest BCUT2D eigenvalue weighted by atomic mass is 9.91. The van der Waals surface area contributed by atoms with Crippen LogP contribution in [0.3, 0.4) is 0 Å². The van der Waals surface area contributed by atoms with E-state index in [0.717, 1.165) is 6.07 Å². The summed E-state index contributed by atoms with van der Waals surface area (Å²) in [6.07, 6.45) is 0.752. The summed E-state index contributed by atoms with van der Waals surface area (Å²) in [5, 5.41) is 2.78.